The van der Waals surface area contributed by atoms with Gasteiger partial charge in [0.2, 0.25) is 0 Å². The van der Waals surface area contributed by atoms with Gasteiger partial charge in [0, 0.05) is 11.5 Å². The molecule has 0 rings (SSSR count). The molecule has 0 fully saturated rings. The third kappa shape index (κ3) is 18.5. The van der Waals surface area contributed by atoms with Crippen LogP contribution in [0.1, 0.15) is 12.8 Å². The van der Waals surface area contributed by atoms with Gasteiger partial charge in [-0.1, -0.05) is 0 Å². The minimum absolute atomic E-state index is 0.156. The molecule has 0 aromatic rings. The molecular weight excluding hydrogens is 212 g/mol. The molecule has 0 aromatic heterocycles. The van der Waals surface area contributed by atoms with Gasteiger partial charge in [0.15, 0.2) is 0 Å². The van der Waals surface area contributed by atoms with E-state index in [9.17, 15) is 9.59 Å². The Morgan fingerprint density at radius 2 is 1.69 bits per heavy atom. The van der Waals surface area contributed by atoms with E-state index in [0.717, 1.165) is 0 Å². The van der Waals surface area contributed by atoms with Crippen molar-refractivity contribution in [2.24, 2.45) is 0 Å². The standard InChI is InChI=1S/C4H8O2S.C3H6O2S/c1-6-4(5)2-3-7;4-3(5)1-2-6/h7H,2-3H2,1H3;6H,1-2H2,(H,4,5). The predicted octanol–water partition coefficient (Wildman–Crippen LogP) is 0.870. The van der Waals surface area contributed by atoms with Gasteiger partial charge in [-0.3, -0.25) is 9.59 Å². The van der Waals surface area contributed by atoms with Gasteiger partial charge < -0.3 is 9.84 Å². The van der Waals surface area contributed by atoms with E-state index in [1.54, 1.807) is 0 Å². The largest absolute Gasteiger partial charge is 0.481 e. The third-order valence-corrected chi connectivity index (χ3v) is 1.32. The number of methoxy groups -OCH3 is 1. The molecule has 0 aromatic carbocycles. The van der Waals surface area contributed by atoms with Gasteiger partial charge in [-0.15, -0.1) is 0 Å². The fourth-order valence-electron chi connectivity index (χ4n) is 0.289. The Labute approximate surface area is 88.5 Å². The van der Waals surface area contributed by atoms with Crippen LogP contribution in [-0.4, -0.2) is 35.7 Å². The molecule has 6 heteroatoms. The van der Waals surface area contributed by atoms with E-state index < -0.39 is 5.97 Å². The second-order valence-electron chi connectivity index (χ2n) is 1.92. The summed E-state index contributed by atoms with van der Waals surface area (Å²) in [6.07, 6.45) is 0.558. The van der Waals surface area contributed by atoms with E-state index in [4.69, 9.17) is 5.11 Å². The zero-order chi connectivity index (χ0) is 10.7. The van der Waals surface area contributed by atoms with Crippen LogP contribution in [0.3, 0.4) is 0 Å². The van der Waals surface area contributed by atoms with E-state index in [-0.39, 0.29) is 12.4 Å². The first-order valence-corrected chi connectivity index (χ1v) is 4.85. The first-order valence-electron chi connectivity index (χ1n) is 3.58. The third-order valence-electron chi connectivity index (χ3n) is 0.869. The highest BCUT2D eigenvalue weighted by atomic mass is 32.1. The summed E-state index contributed by atoms with van der Waals surface area (Å²) < 4.78 is 4.30. The Kier molecular flexibility index (Phi) is 13.5. The lowest BCUT2D eigenvalue weighted by Crippen LogP contribution is -1.99. The van der Waals surface area contributed by atoms with E-state index in [0.29, 0.717) is 17.9 Å². The van der Waals surface area contributed by atoms with Crippen molar-refractivity contribution in [3.8, 4) is 0 Å². The maximum atomic E-state index is 10.1. The van der Waals surface area contributed by atoms with Crippen molar-refractivity contribution >= 4 is 37.2 Å². The van der Waals surface area contributed by atoms with Crippen molar-refractivity contribution in [2.45, 2.75) is 12.8 Å². The van der Waals surface area contributed by atoms with E-state index >= 15 is 0 Å². The Morgan fingerprint density at radius 3 is 1.77 bits per heavy atom. The Morgan fingerprint density at radius 1 is 1.23 bits per heavy atom. The van der Waals surface area contributed by atoms with Crippen LogP contribution in [-0.2, 0) is 14.3 Å². The molecule has 0 atom stereocenters. The van der Waals surface area contributed by atoms with E-state index in [1.165, 1.54) is 7.11 Å². The van der Waals surface area contributed by atoms with Crippen LogP contribution in [0.5, 0.6) is 0 Å². The van der Waals surface area contributed by atoms with Crippen LogP contribution >= 0.6 is 25.3 Å². The highest BCUT2D eigenvalue weighted by molar-refractivity contribution is 7.80. The number of hydrogen-bond donors (Lipinski definition) is 3. The highest BCUT2D eigenvalue weighted by Crippen LogP contribution is 1.84. The minimum Gasteiger partial charge on any atom is -0.481 e. The van der Waals surface area contributed by atoms with Gasteiger partial charge in [-0.25, -0.2) is 0 Å². The van der Waals surface area contributed by atoms with Crippen molar-refractivity contribution in [2.75, 3.05) is 18.6 Å². The number of thiol groups is 2. The van der Waals surface area contributed by atoms with Gasteiger partial charge in [-0.05, 0) is 0 Å². The molecule has 0 unspecified atom stereocenters. The topological polar surface area (TPSA) is 63.6 Å². The van der Waals surface area contributed by atoms with Crippen LogP contribution in [0.25, 0.3) is 0 Å². The van der Waals surface area contributed by atoms with Crippen molar-refractivity contribution in [1.29, 1.82) is 0 Å². The van der Waals surface area contributed by atoms with Crippen molar-refractivity contribution in [3.63, 3.8) is 0 Å². The molecule has 0 spiro atoms. The van der Waals surface area contributed by atoms with E-state index in [2.05, 4.69) is 30.0 Å². The molecule has 0 aliphatic heterocycles. The Hall–Kier alpha value is -0.360. The van der Waals surface area contributed by atoms with Crippen LogP contribution in [0.15, 0.2) is 0 Å². The lowest BCUT2D eigenvalue weighted by Gasteiger charge is -1.90. The predicted molar refractivity (Wildman–Crippen MR) is 56.6 cm³/mol. The molecule has 78 valence electrons. The molecule has 0 aliphatic carbocycles. The van der Waals surface area contributed by atoms with Gasteiger partial charge in [-0.2, -0.15) is 25.3 Å². The normalized spacial score (nSPS) is 8.23. The second-order valence-corrected chi connectivity index (χ2v) is 2.81. The number of carboxylic acids is 1. The fourth-order valence-corrected chi connectivity index (χ4v) is 0.663. The number of aliphatic carboxylic acids is 1. The summed E-state index contributed by atoms with van der Waals surface area (Å²) in [5.41, 5.74) is 0. The molecule has 4 nitrogen and oxygen atoms in total. The van der Waals surface area contributed by atoms with Gasteiger partial charge in [0.1, 0.15) is 0 Å². The van der Waals surface area contributed by atoms with Crippen molar-refractivity contribution < 1.29 is 19.4 Å². The number of carbonyl (C=O) groups excluding carboxylic acids is 1. The monoisotopic (exact) mass is 226 g/mol. The number of rotatable bonds is 4. The Balaban J connectivity index is 0. The summed E-state index contributed by atoms with van der Waals surface area (Å²) in [4.78, 5) is 19.7. The second kappa shape index (κ2) is 11.6. The number of ether oxygens (including phenoxy) is 1. The van der Waals surface area contributed by atoms with E-state index in [1.807, 2.05) is 0 Å². The highest BCUT2D eigenvalue weighted by Gasteiger charge is 1.93. The minimum atomic E-state index is -0.787. The first kappa shape index (κ1) is 15.1. The summed E-state index contributed by atoms with van der Waals surface area (Å²) in [6, 6.07) is 0. The number of hydrogen-bond acceptors (Lipinski definition) is 5. The lowest BCUT2D eigenvalue weighted by molar-refractivity contribution is -0.140. The summed E-state index contributed by atoms with van der Waals surface area (Å²) in [5, 5.41) is 7.86. The van der Waals surface area contributed by atoms with Crippen molar-refractivity contribution in [1.82, 2.24) is 0 Å². The van der Waals surface area contributed by atoms with Gasteiger partial charge >= 0.3 is 11.9 Å². The Bertz CT molecular complexity index is 149. The molecule has 0 amide bonds. The van der Waals surface area contributed by atoms with Crippen LogP contribution < -0.4 is 0 Å². The molecule has 0 radical (unpaired) electrons. The maximum absolute atomic E-state index is 10.1. The van der Waals surface area contributed by atoms with Crippen molar-refractivity contribution in [3.05, 3.63) is 0 Å². The summed E-state index contributed by atoms with van der Waals surface area (Å²) in [6.45, 7) is 0. The quantitative estimate of drug-likeness (QED) is 0.491. The molecular formula is C7H14O4S2. The fraction of sp³-hybridized carbons (Fsp3) is 0.714. The molecule has 0 saturated carbocycles. The van der Waals surface area contributed by atoms with Crippen LogP contribution in [0.2, 0.25) is 0 Å². The molecule has 13 heavy (non-hydrogen) atoms. The summed E-state index contributed by atoms with van der Waals surface area (Å²) in [7, 11) is 1.37. The van der Waals surface area contributed by atoms with Gasteiger partial charge in [0.05, 0.1) is 20.0 Å². The first-order chi connectivity index (χ1) is 6.08. The average Bonchev–Trinajstić information content (AvgIpc) is 2.05. The molecule has 0 bridgehead atoms. The molecule has 0 aliphatic rings. The smallest absolute Gasteiger partial charge is 0.306 e. The molecule has 0 saturated heterocycles. The number of esters is 1. The zero-order valence-electron chi connectivity index (χ0n) is 7.39. The van der Waals surface area contributed by atoms with Crippen LogP contribution in [0, 0.1) is 0 Å². The molecule has 0 heterocycles. The van der Waals surface area contributed by atoms with Gasteiger partial charge in [0.25, 0.3) is 0 Å². The maximum Gasteiger partial charge on any atom is 0.306 e. The summed E-state index contributed by atoms with van der Waals surface area (Å²) in [5.74, 6) is 0.00199. The molecule has 1 N–H and O–H groups in total. The SMILES string of the molecule is COC(=O)CCS.O=C(O)CCS. The number of carboxylic acid groups (broad SMARTS) is 1. The average molecular weight is 226 g/mol. The van der Waals surface area contributed by atoms with Crippen LogP contribution in [0.4, 0.5) is 0 Å². The lowest BCUT2D eigenvalue weighted by atomic mass is 10.5. The number of carbonyl (C=O) groups is 2. The zero-order valence-corrected chi connectivity index (χ0v) is 9.18. The summed E-state index contributed by atoms with van der Waals surface area (Å²) >= 11 is 7.49.